The SMILES string of the molecule is COc1ccccc1CCNCc1ccc(NC(C)=O)cc1. The van der Waals surface area contributed by atoms with Crippen molar-refractivity contribution in [1.82, 2.24) is 5.32 Å². The molecule has 2 N–H and O–H groups in total. The van der Waals surface area contributed by atoms with Crippen molar-refractivity contribution in [2.75, 3.05) is 19.0 Å². The third kappa shape index (κ3) is 4.90. The van der Waals surface area contributed by atoms with Gasteiger partial charge in [-0.05, 0) is 42.3 Å². The second-order valence-electron chi connectivity index (χ2n) is 5.12. The summed E-state index contributed by atoms with van der Waals surface area (Å²) in [5.41, 5.74) is 3.22. The number of rotatable bonds is 7. The monoisotopic (exact) mass is 298 g/mol. The number of para-hydroxylation sites is 1. The van der Waals surface area contributed by atoms with E-state index < -0.39 is 0 Å². The second-order valence-corrected chi connectivity index (χ2v) is 5.12. The molecule has 0 unspecified atom stereocenters. The minimum absolute atomic E-state index is 0.0531. The molecule has 2 aromatic carbocycles. The Morgan fingerprint density at radius 2 is 1.82 bits per heavy atom. The van der Waals surface area contributed by atoms with Crippen molar-refractivity contribution in [3.05, 3.63) is 59.7 Å². The molecule has 2 rings (SSSR count). The molecule has 0 saturated heterocycles. The van der Waals surface area contributed by atoms with E-state index in [9.17, 15) is 4.79 Å². The van der Waals surface area contributed by atoms with Gasteiger partial charge in [-0.1, -0.05) is 30.3 Å². The zero-order chi connectivity index (χ0) is 15.8. The maximum absolute atomic E-state index is 11.0. The molecule has 4 heteroatoms. The van der Waals surface area contributed by atoms with Crippen molar-refractivity contribution in [3.63, 3.8) is 0 Å². The molecule has 0 atom stereocenters. The molecule has 116 valence electrons. The number of hydrogen-bond donors (Lipinski definition) is 2. The van der Waals surface area contributed by atoms with Crippen LogP contribution in [0.2, 0.25) is 0 Å². The number of benzene rings is 2. The molecule has 22 heavy (non-hydrogen) atoms. The average Bonchev–Trinajstić information content (AvgIpc) is 2.53. The van der Waals surface area contributed by atoms with E-state index in [1.807, 2.05) is 42.5 Å². The van der Waals surface area contributed by atoms with Gasteiger partial charge in [0.2, 0.25) is 5.91 Å². The Bertz CT molecular complexity index is 609. The topological polar surface area (TPSA) is 50.4 Å². The highest BCUT2D eigenvalue weighted by Gasteiger charge is 2.01. The Morgan fingerprint density at radius 1 is 1.09 bits per heavy atom. The summed E-state index contributed by atoms with van der Waals surface area (Å²) in [7, 11) is 1.70. The standard InChI is InChI=1S/C18H22N2O2/c1-14(21)20-17-9-7-15(8-10-17)13-19-12-11-16-5-3-4-6-18(16)22-2/h3-10,19H,11-13H2,1-2H3,(H,20,21). The largest absolute Gasteiger partial charge is 0.496 e. The summed E-state index contributed by atoms with van der Waals surface area (Å²) >= 11 is 0. The number of amides is 1. The van der Waals surface area contributed by atoms with Gasteiger partial charge < -0.3 is 15.4 Å². The van der Waals surface area contributed by atoms with E-state index in [0.29, 0.717) is 0 Å². The lowest BCUT2D eigenvalue weighted by Crippen LogP contribution is -2.17. The van der Waals surface area contributed by atoms with Crippen LogP contribution in [0, 0.1) is 0 Å². The predicted molar refractivity (Wildman–Crippen MR) is 89.2 cm³/mol. The highest BCUT2D eigenvalue weighted by atomic mass is 16.5. The van der Waals surface area contributed by atoms with E-state index in [-0.39, 0.29) is 5.91 Å². The molecule has 0 fully saturated rings. The number of carbonyl (C=O) groups is 1. The molecule has 0 aliphatic heterocycles. The summed E-state index contributed by atoms with van der Waals surface area (Å²) in [6.45, 7) is 3.19. The molecule has 0 aromatic heterocycles. The predicted octanol–water partition coefficient (Wildman–Crippen LogP) is 2.99. The van der Waals surface area contributed by atoms with E-state index in [1.54, 1.807) is 7.11 Å². The van der Waals surface area contributed by atoms with Crippen LogP contribution in [0.1, 0.15) is 18.1 Å². The van der Waals surface area contributed by atoms with Crippen LogP contribution >= 0.6 is 0 Å². The van der Waals surface area contributed by atoms with Gasteiger partial charge in [-0.3, -0.25) is 4.79 Å². The molecule has 4 nitrogen and oxygen atoms in total. The maximum atomic E-state index is 11.0. The first-order valence-corrected chi connectivity index (χ1v) is 7.38. The lowest BCUT2D eigenvalue weighted by Gasteiger charge is -2.09. The van der Waals surface area contributed by atoms with Gasteiger partial charge in [-0.15, -0.1) is 0 Å². The summed E-state index contributed by atoms with van der Waals surface area (Å²) in [6, 6.07) is 15.9. The molecule has 0 spiro atoms. The van der Waals surface area contributed by atoms with Crippen molar-refractivity contribution in [2.24, 2.45) is 0 Å². The number of hydrogen-bond acceptors (Lipinski definition) is 3. The van der Waals surface area contributed by atoms with Crippen molar-refractivity contribution in [2.45, 2.75) is 19.9 Å². The Morgan fingerprint density at radius 3 is 2.50 bits per heavy atom. The van der Waals surface area contributed by atoms with Crippen molar-refractivity contribution < 1.29 is 9.53 Å². The first kappa shape index (κ1) is 16.0. The summed E-state index contributed by atoms with van der Waals surface area (Å²) in [5.74, 6) is 0.881. The highest BCUT2D eigenvalue weighted by Crippen LogP contribution is 2.17. The first-order valence-electron chi connectivity index (χ1n) is 7.38. The summed E-state index contributed by atoms with van der Waals surface area (Å²) in [5, 5.41) is 6.18. The van der Waals surface area contributed by atoms with Crippen molar-refractivity contribution in [1.29, 1.82) is 0 Å². The number of ether oxygens (including phenoxy) is 1. The van der Waals surface area contributed by atoms with Crippen molar-refractivity contribution in [3.8, 4) is 5.75 Å². The van der Waals surface area contributed by atoms with Crippen LogP contribution in [0.3, 0.4) is 0 Å². The Hall–Kier alpha value is -2.33. The van der Waals surface area contributed by atoms with Gasteiger partial charge in [0.25, 0.3) is 0 Å². The molecule has 0 aliphatic carbocycles. The molecule has 0 aliphatic rings. The molecule has 0 saturated carbocycles. The molecule has 1 amide bonds. The summed E-state index contributed by atoms with van der Waals surface area (Å²) in [4.78, 5) is 11.0. The van der Waals surface area contributed by atoms with Crippen LogP contribution in [-0.4, -0.2) is 19.6 Å². The number of carbonyl (C=O) groups excluding carboxylic acids is 1. The Labute approximate surface area is 131 Å². The van der Waals surface area contributed by atoms with Crippen LogP contribution in [0.25, 0.3) is 0 Å². The van der Waals surface area contributed by atoms with Gasteiger partial charge in [0.15, 0.2) is 0 Å². The normalized spacial score (nSPS) is 10.3. The molecule has 0 bridgehead atoms. The fraction of sp³-hybridized carbons (Fsp3) is 0.278. The van der Waals surface area contributed by atoms with Gasteiger partial charge in [0.1, 0.15) is 5.75 Å². The van der Waals surface area contributed by atoms with E-state index in [4.69, 9.17) is 4.74 Å². The third-order valence-electron chi connectivity index (χ3n) is 3.37. The summed E-state index contributed by atoms with van der Waals surface area (Å²) < 4.78 is 5.34. The second kappa shape index (κ2) is 8.20. The van der Waals surface area contributed by atoms with Crippen LogP contribution in [-0.2, 0) is 17.8 Å². The summed E-state index contributed by atoms with van der Waals surface area (Å²) in [6.07, 6.45) is 0.925. The van der Waals surface area contributed by atoms with Crippen LogP contribution in [0.15, 0.2) is 48.5 Å². The number of anilines is 1. The minimum Gasteiger partial charge on any atom is -0.496 e. The fourth-order valence-electron chi connectivity index (χ4n) is 2.27. The van der Waals surface area contributed by atoms with Crippen LogP contribution in [0.5, 0.6) is 5.75 Å². The van der Waals surface area contributed by atoms with Gasteiger partial charge >= 0.3 is 0 Å². The van der Waals surface area contributed by atoms with E-state index >= 15 is 0 Å². The van der Waals surface area contributed by atoms with E-state index in [1.165, 1.54) is 18.1 Å². The highest BCUT2D eigenvalue weighted by molar-refractivity contribution is 5.88. The third-order valence-corrected chi connectivity index (χ3v) is 3.37. The first-order chi connectivity index (χ1) is 10.7. The molecule has 2 aromatic rings. The number of methoxy groups -OCH3 is 1. The molecular formula is C18H22N2O2. The molecule has 0 heterocycles. The zero-order valence-electron chi connectivity index (χ0n) is 13.1. The smallest absolute Gasteiger partial charge is 0.221 e. The molecule has 0 radical (unpaired) electrons. The quantitative estimate of drug-likeness (QED) is 0.773. The number of nitrogens with one attached hydrogen (secondary N) is 2. The Balaban J connectivity index is 1.78. The van der Waals surface area contributed by atoms with Gasteiger partial charge in [0.05, 0.1) is 7.11 Å². The fourth-order valence-corrected chi connectivity index (χ4v) is 2.27. The zero-order valence-corrected chi connectivity index (χ0v) is 13.1. The maximum Gasteiger partial charge on any atom is 0.221 e. The van der Waals surface area contributed by atoms with Crippen molar-refractivity contribution >= 4 is 11.6 Å². The van der Waals surface area contributed by atoms with Gasteiger partial charge in [-0.2, -0.15) is 0 Å². The van der Waals surface area contributed by atoms with Crippen LogP contribution < -0.4 is 15.4 Å². The van der Waals surface area contributed by atoms with Gasteiger partial charge in [0, 0.05) is 19.2 Å². The van der Waals surface area contributed by atoms with E-state index in [2.05, 4.69) is 16.7 Å². The average molecular weight is 298 g/mol. The lowest BCUT2D eigenvalue weighted by atomic mass is 10.1. The molecular weight excluding hydrogens is 276 g/mol. The lowest BCUT2D eigenvalue weighted by molar-refractivity contribution is -0.114. The Kier molecular flexibility index (Phi) is 5.98. The van der Waals surface area contributed by atoms with Crippen LogP contribution in [0.4, 0.5) is 5.69 Å². The van der Waals surface area contributed by atoms with E-state index in [0.717, 1.165) is 30.9 Å². The minimum atomic E-state index is -0.0531. The van der Waals surface area contributed by atoms with Gasteiger partial charge in [-0.25, -0.2) is 0 Å².